The number of amides is 1. The van der Waals surface area contributed by atoms with E-state index in [1.807, 2.05) is 39.0 Å². The second kappa shape index (κ2) is 7.79. The number of hydrogen-bond donors (Lipinski definition) is 2. The van der Waals surface area contributed by atoms with Crippen LogP contribution in [0.1, 0.15) is 36.2 Å². The highest BCUT2D eigenvalue weighted by molar-refractivity contribution is 5.99. The molecule has 0 aliphatic heterocycles. The van der Waals surface area contributed by atoms with Gasteiger partial charge in [-0.05, 0) is 38.0 Å². The van der Waals surface area contributed by atoms with Crippen LogP contribution in [0.3, 0.4) is 0 Å². The number of methoxy groups -OCH3 is 1. The highest BCUT2D eigenvalue weighted by atomic mass is 16.5. The van der Waals surface area contributed by atoms with Gasteiger partial charge in [-0.2, -0.15) is 0 Å². The maximum Gasteiger partial charge on any atom is 0.253 e. The van der Waals surface area contributed by atoms with E-state index in [-0.39, 0.29) is 11.9 Å². The van der Waals surface area contributed by atoms with Crippen molar-refractivity contribution < 1.29 is 9.53 Å². The smallest absolute Gasteiger partial charge is 0.253 e. The van der Waals surface area contributed by atoms with Gasteiger partial charge in [-0.1, -0.05) is 13.0 Å². The lowest BCUT2D eigenvalue weighted by molar-refractivity contribution is 0.0895. The third-order valence-electron chi connectivity index (χ3n) is 2.98. The highest BCUT2D eigenvalue weighted by Crippen LogP contribution is 2.17. The number of carbonyl (C=O) groups is 1. The number of anilines is 1. The van der Waals surface area contributed by atoms with E-state index in [1.54, 1.807) is 7.11 Å². The van der Waals surface area contributed by atoms with Crippen LogP contribution in [-0.4, -0.2) is 32.2 Å². The average Bonchev–Trinajstić information content (AvgIpc) is 2.38. The fraction of sp³-hybridized carbons (Fsp3) is 0.533. The normalized spacial score (nSPS) is 12.0. The van der Waals surface area contributed by atoms with Gasteiger partial charge in [0.15, 0.2) is 0 Å². The number of nitrogens with one attached hydrogen (secondary N) is 2. The van der Waals surface area contributed by atoms with Crippen molar-refractivity contribution in [2.75, 3.05) is 25.6 Å². The highest BCUT2D eigenvalue weighted by Gasteiger charge is 2.15. The van der Waals surface area contributed by atoms with Crippen molar-refractivity contribution in [3.05, 3.63) is 29.3 Å². The maximum atomic E-state index is 12.3. The molecule has 2 N–H and O–H groups in total. The van der Waals surface area contributed by atoms with Crippen LogP contribution in [0, 0.1) is 6.92 Å². The molecule has 0 fully saturated rings. The van der Waals surface area contributed by atoms with E-state index in [2.05, 4.69) is 10.6 Å². The molecule has 0 heterocycles. The van der Waals surface area contributed by atoms with Crippen LogP contribution in [0.2, 0.25) is 0 Å². The van der Waals surface area contributed by atoms with Gasteiger partial charge in [-0.3, -0.25) is 4.79 Å². The Hall–Kier alpha value is -1.55. The van der Waals surface area contributed by atoms with Gasteiger partial charge >= 0.3 is 0 Å². The predicted molar refractivity (Wildman–Crippen MR) is 78.8 cm³/mol. The minimum Gasteiger partial charge on any atom is -0.385 e. The Morgan fingerprint density at radius 3 is 2.68 bits per heavy atom. The summed E-state index contributed by atoms with van der Waals surface area (Å²) >= 11 is 0. The number of benzene rings is 1. The van der Waals surface area contributed by atoms with E-state index in [0.717, 1.165) is 24.2 Å². The second-order valence-electron chi connectivity index (χ2n) is 4.61. The van der Waals surface area contributed by atoms with Crippen molar-refractivity contribution in [3.8, 4) is 0 Å². The summed E-state index contributed by atoms with van der Waals surface area (Å²) in [6.07, 6.45) is 0.849. The molecule has 0 bridgehead atoms. The zero-order valence-electron chi connectivity index (χ0n) is 12.2. The standard InChI is InChI=1S/C15H24N2O2/c1-5-12(10-19-4)17-15(18)13-8-7-11(3)9-14(13)16-6-2/h7-9,12,16H,5-6,10H2,1-4H3,(H,17,18). The largest absolute Gasteiger partial charge is 0.385 e. The average molecular weight is 264 g/mol. The van der Waals surface area contributed by atoms with Gasteiger partial charge < -0.3 is 15.4 Å². The number of aryl methyl sites for hydroxylation is 1. The summed E-state index contributed by atoms with van der Waals surface area (Å²) in [5.74, 6) is -0.0557. The van der Waals surface area contributed by atoms with E-state index in [9.17, 15) is 4.79 Å². The Bertz CT molecular complexity index is 419. The lowest BCUT2D eigenvalue weighted by Gasteiger charge is -2.18. The van der Waals surface area contributed by atoms with E-state index >= 15 is 0 Å². The van der Waals surface area contributed by atoms with Gasteiger partial charge in [0, 0.05) is 19.3 Å². The van der Waals surface area contributed by atoms with Gasteiger partial charge in [0.2, 0.25) is 0 Å². The Morgan fingerprint density at radius 1 is 1.37 bits per heavy atom. The van der Waals surface area contributed by atoms with Crippen LogP contribution in [0.4, 0.5) is 5.69 Å². The molecule has 106 valence electrons. The van der Waals surface area contributed by atoms with Crippen molar-refractivity contribution in [2.24, 2.45) is 0 Å². The molecular weight excluding hydrogens is 240 g/mol. The van der Waals surface area contributed by atoms with Crippen molar-refractivity contribution >= 4 is 11.6 Å². The quantitative estimate of drug-likeness (QED) is 0.796. The molecule has 0 saturated heterocycles. The Labute approximate surface area is 115 Å². The number of rotatable bonds is 7. The number of carbonyl (C=O) groups excluding carboxylic acids is 1. The van der Waals surface area contributed by atoms with Crippen LogP contribution >= 0.6 is 0 Å². The molecule has 0 saturated carbocycles. The molecule has 0 aliphatic carbocycles. The van der Waals surface area contributed by atoms with Gasteiger partial charge in [0.1, 0.15) is 0 Å². The van der Waals surface area contributed by atoms with Crippen molar-refractivity contribution in [1.82, 2.24) is 5.32 Å². The molecule has 1 aromatic carbocycles. The fourth-order valence-electron chi connectivity index (χ4n) is 1.92. The molecule has 4 heteroatoms. The third-order valence-corrected chi connectivity index (χ3v) is 2.98. The first-order valence-corrected chi connectivity index (χ1v) is 6.76. The first-order valence-electron chi connectivity index (χ1n) is 6.76. The molecule has 1 amide bonds. The van der Waals surface area contributed by atoms with Crippen LogP contribution < -0.4 is 10.6 Å². The molecule has 1 rings (SSSR count). The molecule has 19 heavy (non-hydrogen) atoms. The van der Waals surface area contributed by atoms with E-state index in [0.29, 0.717) is 12.2 Å². The Balaban J connectivity index is 2.86. The number of hydrogen-bond acceptors (Lipinski definition) is 3. The second-order valence-corrected chi connectivity index (χ2v) is 4.61. The van der Waals surface area contributed by atoms with Crippen molar-refractivity contribution in [2.45, 2.75) is 33.2 Å². The topological polar surface area (TPSA) is 50.4 Å². The van der Waals surface area contributed by atoms with Crippen LogP contribution in [0.25, 0.3) is 0 Å². The van der Waals surface area contributed by atoms with Gasteiger partial charge in [-0.15, -0.1) is 0 Å². The lowest BCUT2D eigenvalue weighted by atomic mass is 10.1. The minimum atomic E-state index is -0.0557. The SMILES string of the molecule is CCNc1cc(C)ccc1C(=O)NC(CC)COC. The van der Waals surface area contributed by atoms with Gasteiger partial charge in [0.05, 0.1) is 18.2 Å². The summed E-state index contributed by atoms with van der Waals surface area (Å²) in [6, 6.07) is 5.86. The van der Waals surface area contributed by atoms with E-state index in [1.165, 1.54) is 0 Å². The predicted octanol–water partition coefficient (Wildman–Crippen LogP) is 2.58. The first-order chi connectivity index (χ1) is 9.12. The van der Waals surface area contributed by atoms with Gasteiger partial charge in [0.25, 0.3) is 5.91 Å². The molecule has 1 unspecified atom stereocenters. The minimum absolute atomic E-state index is 0.0493. The van der Waals surface area contributed by atoms with Crippen LogP contribution in [-0.2, 0) is 4.74 Å². The summed E-state index contributed by atoms with van der Waals surface area (Å²) in [7, 11) is 1.64. The summed E-state index contributed by atoms with van der Waals surface area (Å²) < 4.78 is 5.10. The molecule has 1 atom stereocenters. The summed E-state index contributed by atoms with van der Waals surface area (Å²) in [6.45, 7) is 7.39. The van der Waals surface area contributed by atoms with Crippen LogP contribution in [0.15, 0.2) is 18.2 Å². The van der Waals surface area contributed by atoms with Crippen molar-refractivity contribution in [3.63, 3.8) is 0 Å². The molecule has 0 radical (unpaired) electrons. The molecule has 0 spiro atoms. The van der Waals surface area contributed by atoms with Crippen molar-refractivity contribution in [1.29, 1.82) is 0 Å². The van der Waals surface area contributed by atoms with Gasteiger partial charge in [-0.25, -0.2) is 0 Å². The molecular formula is C15H24N2O2. The zero-order valence-corrected chi connectivity index (χ0v) is 12.2. The molecule has 0 aliphatic rings. The van der Waals surface area contributed by atoms with E-state index in [4.69, 9.17) is 4.74 Å². The Morgan fingerprint density at radius 2 is 2.11 bits per heavy atom. The summed E-state index contributed by atoms with van der Waals surface area (Å²) in [5.41, 5.74) is 2.70. The lowest BCUT2D eigenvalue weighted by Crippen LogP contribution is -2.37. The third kappa shape index (κ3) is 4.56. The maximum absolute atomic E-state index is 12.3. The summed E-state index contributed by atoms with van der Waals surface area (Å²) in [5, 5.41) is 6.23. The fourth-order valence-corrected chi connectivity index (χ4v) is 1.92. The van der Waals surface area contributed by atoms with Crippen LogP contribution in [0.5, 0.6) is 0 Å². The Kier molecular flexibility index (Phi) is 6.36. The molecule has 0 aromatic heterocycles. The van der Waals surface area contributed by atoms with E-state index < -0.39 is 0 Å². The molecule has 4 nitrogen and oxygen atoms in total. The number of ether oxygens (including phenoxy) is 1. The summed E-state index contributed by atoms with van der Waals surface area (Å²) in [4.78, 5) is 12.3. The first kappa shape index (κ1) is 15.5. The monoisotopic (exact) mass is 264 g/mol. The molecule has 1 aromatic rings. The zero-order chi connectivity index (χ0) is 14.3.